The first-order valence-corrected chi connectivity index (χ1v) is 9.82. The summed E-state index contributed by atoms with van der Waals surface area (Å²) in [7, 11) is 0. The lowest BCUT2D eigenvalue weighted by Crippen LogP contribution is -2.51. The minimum atomic E-state index is -0.455. The van der Waals surface area contributed by atoms with Crippen LogP contribution in [0.1, 0.15) is 12.0 Å². The molecular formula is C20H22Cl4FNO. The van der Waals surface area contributed by atoms with E-state index in [0.717, 1.165) is 36.5 Å². The van der Waals surface area contributed by atoms with Crippen LogP contribution in [0.15, 0.2) is 48.5 Å². The van der Waals surface area contributed by atoms with E-state index < -0.39 is 4.87 Å². The van der Waals surface area contributed by atoms with Crippen molar-refractivity contribution in [2.24, 2.45) is 0 Å². The van der Waals surface area contributed by atoms with E-state index in [9.17, 15) is 4.39 Å². The molecule has 1 aliphatic heterocycles. The van der Waals surface area contributed by atoms with Crippen molar-refractivity contribution in [1.82, 2.24) is 4.90 Å². The van der Waals surface area contributed by atoms with E-state index >= 15 is 0 Å². The van der Waals surface area contributed by atoms with Crippen LogP contribution in [-0.2, 0) is 6.42 Å². The minimum Gasteiger partial charge on any atom is -0.492 e. The second-order valence-electron chi connectivity index (χ2n) is 6.66. The number of hydrogen-bond acceptors (Lipinski definition) is 2. The van der Waals surface area contributed by atoms with Gasteiger partial charge in [0.2, 0.25) is 0 Å². The first-order chi connectivity index (χ1) is 12.4. The summed E-state index contributed by atoms with van der Waals surface area (Å²) in [6, 6.07) is 13.8. The highest BCUT2D eigenvalue weighted by Crippen LogP contribution is 2.36. The third-order valence-electron chi connectivity index (χ3n) is 4.72. The summed E-state index contributed by atoms with van der Waals surface area (Å²) >= 11 is 19.4. The lowest BCUT2D eigenvalue weighted by atomic mass is 9.88. The van der Waals surface area contributed by atoms with Gasteiger partial charge >= 0.3 is 0 Å². The zero-order valence-corrected chi connectivity index (χ0v) is 17.8. The largest absolute Gasteiger partial charge is 0.492 e. The molecule has 0 radical (unpaired) electrons. The van der Waals surface area contributed by atoms with Crippen molar-refractivity contribution in [2.75, 3.05) is 26.2 Å². The Morgan fingerprint density at radius 2 is 1.78 bits per heavy atom. The minimum absolute atomic E-state index is 0. The van der Waals surface area contributed by atoms with Gasteiger partial charge in [0.05, 0.1) is 10.3 Å². The van der Waals surface area contributed by atoms with Gasteiger partial charge in [-0.05, 0) is 54.8 Å². The van der Waals surface area contributed by atoms with Crippen molar-refractivity contribution in [1.29, 1.82) is 0 Å². The van der Waals surface area contributed by atoms with Crippen LogP contribution in [0.5, 0.6) is 5.75 Å². The van der Waals surface area contributed by atoms with Crippen molar-refractivity contribution >= 4 is 47.2 Å². The molecule has 0 aliphatic carbocycles. The fourth-order valence-corrected chi connectivity index (χ4v) is 3.96. The monoisotopic (exact) mass is 451 g/mol. The molecule has 2 unspecified atom stereocenters. The molecule has 0 aromatic heterocycles. The molecule has 7 heteroatoms. The molecule has 0 amide bonds. The highest BCUT2D eigenvalue weighted by atomic mass is 35.5. The maximum Gasteiger partial charge on any atom is 0.123 e. The molecule has 2 aromatic rings. The van der Waals surface area contributed by atoms with E-state index in [4.69, 9.17) is 39.5 Å². The normalized spacial score (nSPS) is 22.9. The Balaban J connectivity index is 0.00000261. The van der Waals surface area contributed by atoms with E-state index in [-0.39, 0.29) is 23.6 Å². The summed E-state index contributed by atoms with van der Waals surface area (Å²) in [5.74, 6) is 0.401. The Bertz CT molecular complexity index is 713. The van der Waals surface area contributed by atoms with Crippen molar-refractivity contribution in [2.45, 2.75) is 23.1 Å². The molecule has 1 aliphatic rings. The van der Waals surface area contributed by atoms with E-state index in [1.807, 2.05) is 24.3 Å². The molecule has 1 heterocycles. The zero-order valence-electron chi connectivity index (χ0n) is 14.7. The van der Waals surface area contributed by atoms with Gasteiger partial charge in [0, 0.05) is 24.7 Å². The SMILES string of the molecule is Cl.Fc1ccc(OCCN2CCC(Cl)(Cc3ccc(Cl)cc3)C(Cl)C2)cc1. The summed E-state index contributed by atoms with van der Waals surface area (Å²) in [4.78, 5) is 1.80. The van der Waals surface area contributed by atoms with Gasteiger partial charge < -0.3 is 4.74 Å². The van der Waals surface area contributed by atoms with Crippen LogP contribution in [0.25, 0.3) is 0 Å². The standard InChI is InChI=1S/C20H21Cl3FNO.ClH/c21-16-3-1-15(2-4-16)13-20(23)9-10-25(14-19(20)22)11-12-26-18-7-5-17(24)6-8-18;/h1-8,19H,9-14H2;1H. The van der Waals surface area contributed by atoms with Crippen molar-refractivity contribution in [3.63, 3.8) is 0 Å². The van der Waals surface area contributed by atoms with Crippen LogP contribution in [0.2, 0.25) is 5.02 Å². The lowest BCUT2D eigenvalue weighted by Gasteiger charge is -2.41. The molecule has 0 spiro atoms. The van der Waals surface area contributed by atoms with Gasteiger partial charge in [-0.15, -0.1) is 35.6 Å². The van der Waals surface area contributed by atoms with Crippen LogP contribution >= 0.6 is 47.2 Å². The Morgan fingerprint density at radius 1 is 1.11 bits per heavy atom. The van der Waals surface area contributed by atoms with Crippen LogP contribution < -0.4 is 4.74 Å². The van der Waals surface area contributed by atoms with Crippen molar-refractivity contribution in [3.05, 3.63) is 64.9 Å². The van der Waals surface area contributed by atoms with Gasteiger partial charge in [0.1, 0.15) is 18.2 Å². The van der Waals surface area contributed by atoms with Crippen LogP contribution in [0, 0.1) is 5.82 Å². The van der Waals surface area contributed by atoms with Gasteiger partial charge in [-0.25, -0.2) is 4.39 Å². The van der Waals surface area contributed by atoms with Crippen molar-refractivity contribution in [3.8, 4) is 5.75 Å². The summed E-state index contributed by atoms with van der Waals surface area (Å²) in [5, 5.41) is 0.565. The molecule has 3 rings (SSSR count). The Kier molecular flexibility index (Phi) is 8.51. The molecule has 27 heavy (non-hydrogen) atoms. The number of piperidine rings is 1. The number of halogens is 5. The third-order valence-corrected chi connectivity index (χ3v) is 6.23. The smallest absolute Gasteiger partial charge is 0.123 e. The molecule has 0 bridgehead atoms. The van der Waals surface area contributed by atoms with Crippen LogP contribution in [-0.4, -0.2) is 41.4 Å². The van der Waals surface area contributed by atoms with E-state index in [0.29, 0.717) is 18.9 Å². The van der Waals surface area contributed by atoms with Gasteiger partial charge in [-0.3, -0.25) is 4.90 Å². The number of hydrogen-bond donors (Lipinski definition) is 0. The maximum absolute atomic E-state index is 12.9. The quantitative estimate of drug-likeness (QED) is 0.512. The topological polar surface area (TPSA) is 12.5 Å². The Morgan fingerprint density at radius 3 is 2.41 bits per heavy atom. The first kappa shape index (κ1) is 22.6. The highest BCUT2D eigenvalue weighted by molar-refractivity contribution is 6.33. The van der Waals surface area contributed by atoms with E-state index in [1.54, 1.807) is 12.1 Å². The predicted octanol–water partition coefficient (Wildman–Crippen LogP) is 5.81. The second-order valence-corrected chi connectivity index (χ2v) is 8.37. The zero-order chi connectivity index (χ0) is 18.6. The molecule has 1 saturated heterocycles. The molecule has 2 atom stereocenters. The summed E-state index contributed by atoms with van der Waals surface area (Å²) < 4.78 is 18.6. The second kappa shape index (κ2) is 10.2. The number of ether oxygens (including phenoxy) is 1. The first-order valence-electron chi connectivity index (χ1n) is 8.63. The number of benzene rings is 2. The molecule has 0 saturated carbocycles. The third kappa shape index (κ3) is 6.40. The van der Waals surface area contributed by atoms with Crippen LogP contribution in [0.3, 0.4) is 0 Å². The van der Waals surface area contributed by atoms with Gasteiger partial charge in [-0.2, -0.15) is 0 Å². The van der Waals surface area contributed by atoms with E-state index in [2.05, 4.69) is 4.90 Å². The number of likely N-dealkylation sites (tertiary alicyclic amines) is 1. The van der Waals surface area contributed by atoms with Gasteiger partial charge in [-0.1, -0.05) is 23.7 Å². The molecule has 148 valence electrons. The molecular weight excluding hydrogens is 431 g/mol. The molecule has 2 aromatic carbocycles. The highest BCUT2D eigenvalue weighted by Gasteiger charge is 2.40. The fourth-order valence-electron chi connectivity index (χ4n) is 3.15. The fraction of sp³-hybridized carbons (Fsp3) is 0.400. The Hall–Kier alpha value is -0.710. The van der Waals surface area contributed by atoms with Gasteiger partial charge in [0.25, 0.3) is 0 Å². The molecule has 1 fully saturated rings. The van der Waals surface area contributed by atoms with E-state index in [1.165, 1.54) is 12.1 Å². The molecule has 0 N–H and O–H groups in total. The number of rotatable bonds is 6. The summed E-state index contributed by atoms with van der Waals surface area (Å²) in [6.07, 6.45) is 1.53. The lowest BCUT2D eigenvalue weighted by molar-refractivity contribution is 0.166. The average Bonchev–Trinajstić information content (AvgIpc) is 2.62. The maximum atomic E-state index is 12.9. The summed E-state index contributed by atoms with van der Waals surface area (Å²) in [5.41, 5.74) is 1.14. The Labute approximate surface area is 181 Å². The van der Waals surface area contributed by atoms with Crippen LogP contribution in [0.4, 0.5) is 4.39 Å². The summed E-state index contributed by atoms with van der Waals surface area (Å²) in [6.45, 7) is 2.87. The molecule has 2 nitrogen and oxygen atoms in total. The number of alkyl halides is 2. The predicted molar refractivity (Wildman–Crippen MR) is 114 cm³/mol. The number of nitrogens with zero attached hydrogens (tertiary/aromatic N) is 1. The van der Waals surface area contributed by atoms with Crippen molar-refractivity contribution < 1.29 is 9.13 Å². The average molecular weight is 453 g/mol. The van der Waals surface area contributed by atoms with Gasteiger partial charge in [0.15, 0.2) is 0 Å².